The number of aliphatic hydroxyl groups excluding tert-OH is 1. The summed E-state index contributed by atoms with van der Waals surface area (Å²) in [5.41, 5.74) is 1.28. The zero-order chi connectivity index (χ0) is 15.8. The van der Waals surface area contributed by atoms with Crippen molar-refractivity contribution in [2.45, 2.75) is 37.8 Å². The normalized spacial score (nSPS) is 32.3. The number of nitrogens with zero attached hydrogens (tertiary/aromatic N) is 2. The van der Waals surface area contributed by atoms with E-state index in [1.807, 2.05) is 6.07 Å². The fraction of sp³-hybridized carbons (Fsp3) is 0.684. The molecule has 4 nitrogen and oxygen atoms in total. The first kappa shape index (κ1) is 15.3. The Labute approximate surface area is 139 Å². The molecule has 1 aromatic carbocycles. The minimum atomic E-state index is -0.0259. The molecule has 0 aromatic heterocycles. The van der Waals surface area contributed by atoms with Crippen LogP contribution in [0.1, 0.15) is 25.7 Å². The van der Waals surface area contributed by atoms with Crippen LogP contribution in [0.5, 0.6) is 5.75 Å². The second kappa shape index (κ2) is 6.33. The Morgan fingerprint density at radius 3 is 2.43 bits per heavy atom. The summed E-state index contributed by atoms with van der Waals surface area (Å²) in [7, 11) is 1.73. The number of aliphatic hydroxyl groups is 1. The van der Waals surface area contributed by atoms with Crippen LogP contribution in [0.4, 0.5) is 5.69 Å². The summed E-state index contributed by atoms with van der Waals surface area (Å²) in [6.45, 7) is 4.69. The van der Waals surface area contributed by atoms with Gasteiger partial charge in [-0.05, 0) is 49.7 Å². The first-order valence-electron chi connectivity index (χ1n) is 9.04. The summed E-state index contributed by atoms with van der Waals surface area (Å²) in [6, 6.07) is 9.15. The standard InChI is InChI=1S/C19H28N2O2/c1-23-19-4-2-3-17(11-19)20-7-5-16(6-8-20)21-12-14-9-18(22)10-15(14)13-21/h2-4,11,14-16,18,22H,5-10,12-13H2,1H3/t14-,15+,18?. The molecule has 1 unspecified atom stereocenters. The second-order valence-electron chi connectivity index (χ2n) is 7.52. The van der Waals surface area contributed by atoms with Gasteiger partial charge in [-0.1, -0.05) is 6.07 Å². The second-order valence-corrected chi connectivity index (χ2v) is 7.52. The summed E-state index contributed by atoms with van der Waals surface area (Å²) < 4.78 is 5.34. The molecule has 126 valence electrons. The molecule has 1 aliphatic carbocycles. The van der Waals surface area contributed by atoms with Gasteiger partial charge in [-0.3, -0.25) is 4.90 Å². The van der Waals surface area contributed by atoms with E-state index < -0.39 is 0 Å². The van der Waals surface area contributed by atoms with Crippen molar-refractivity contribution in [2.75, 3.05) is 38.2 Å². The summed E-state index contributed by atoms with van der Waals surface area (Å²) >= 11 is 0. The zero-order valence-electron chi connectivity index (χ0n) is 14.0. The molecule has 1 saturated carbocycles. The average molecular weight is 316 g/mol. The van der Waals surface area contributed by atoms with Crippen LogP contribution in [-0.4, -0.2) is 55.4 Å². The van der Waals surface area contributed by atoms with E-state index in [-0.39, 0.29) is 6.10 Å². The number of piperidine rings is 1. The highest BCUT2D eigenvalue weighted by Crippen LogP contribution is 2.40. The Balaban J connectivity index is 1.33. The molecule has 4 rings (SSSR count). The highest BCUT2D eigenvalue weighted by Gasteiger charge is 2.42. The Kier molecular flexibility index (Phi) is 4.20. The first-order valence-corrected chi connectivity index (χ1v) is 9.04. The third-order valence-corrected chi connectivity index (χ3v) is 6.15. The predicted octanol–water partition coefficient (Wildman–Crippen LogP) is 2.37. The lowest BCUT2D eigenvalue weighted by Gasteiger charge is -2.38. The summed E-state index contributed by atoms with van der Waals surface area (Å²) in [6.07, 6.45) is 4.54. The molecule has 23 heavy (non-hydrogen) atoms. The maximum atomic E-state index is 9.80. The monoisotopic (exact) mass is 316 g/mol. The molecule has 4 heteroatoms. The molecule has 0 bridgehead atoms. The molecular formula is C19H28N2O2. The number of anilines is 1. The molecular weight excluding hydrogens is 288 g/mol. The van der Waals surface area contributed by atoms with Gasteiger partial charge in [-0.15, -0.1) is 0 Å². The van der Waals surface area contributed by atoms with Gasteiger partial charge >= 0.3 is 0 Å². The SMILES string of the molecule is COc1cccc(N2CCC(N3C[C@H]4CC(O)C[C@H]4C3)CC2)c1. The molecule has 0 amide bonds. The third-order valence-electron chi connectivity index (χ3n) is 6.15. The maximum Gasteiger partial charge on any atom is 0.120 e. The van der Waals surface area contributed by atoms with Gasteiger partial charge < -0.3 is 14.7 Å². The van der Waals surface area contributed by atoms with Gasteiger partial charge in [0, 0.05) is 44.0 Å². The zero-order valence-corrected chi connectivity index (χ0v) is 14.0. The van der Waals surface area contributed by atoms with E-state index in [0.29, 0.717) is 0 Å². The van der Waals surface area contributed by atoms with Crippen LogP contribution in [0.15, 0.2) is 24.3 Å². The number of rotatable bonds is 3. The number of ether oxygens (including phenoxy) is 1. The van der Waals surface area contributed by atoms with E-state index in [9.17, 15) is 5.11 Å². The van der Waals surface area contributed by atoms with E-state index in [1.54, 1.807) is 7.11 Å². The van der Waals surface area contributed by atoms with E-state index >= 15 is 0 Å². The maximum absolute atomic E-state index is 9.80. The van der Waals surface area contributed by atoms with Gasteiger partial charge in [0.15, 0.2) is 0 Å². The topological polar surface area (TPSA) is 35.9 Å². The smallest absolute Gasteiger partial charge is 0.120 e. The molecule has 3 fully saturated rings. The molecule has 2 aliphatic heterocycles. The van der Waals surface area contributed by atoms with Crippen molar-refractivity contribution in [3.8, 4) is 5.75 Å². The van der Waals surface area contributed by atoms with Crippen molar-refractivity contribution >= 4 is 5.69 Å². The molecule has 3 atom stereocenters. The number of methoxy groups -OCH3 is 1. The van der Waals surface area contributed by atoms with Gasteiger partial charge in [0.25, 0.3) is 0 Å². The van der Waals surface area contributed by atoms with Crippen LogP contribution in [-0.2, 0) is 0 Å². The summed E-state index contributed by atoms with van der Waals surface area (Å²) in [5, 5.41) is 9.80. The lowest BCUT2D eigenvalue weighted by Crippen LogP contribution is -2.44. The van der Waals surface area contributed by atoms with Gasteiger partial charge in [-0.2, -0.15) is 0 Å². The van der Waals surface area contributed by atoms with Crippen LogP contribution in [0, 0.1) is 11.8 Å². The Bertz CT molecular complexity index is 528. The van der Waals surface area contributed by atoms with E-state index in [4.69, 9.17) is 4.74 Å². The van der Waals surface area contributed by atoms with Crippen LogP contribution < -0.4 is 9.64 Å². The van der Waals surface area contributed by atoms with Crippen LogP contribution in [0.3, 0.4) is 0 Å². The van der Waals surface area contributed by atoms with Crippen molar-refractivity contribution in [1.29, 1.82) is 0 Å². The first-order chi connectivity index (χ1) is 11.2. The number of likely N-dealkylation sites (tertiary alicyclic amines) is 1. The number of fused-ring (bicyclic) bond motifs is 1. The summed E-state index contributed by atoms with van der Waals surface area (Å²) in [4.78, 5) is 5.20. The predicted molar refractivity (Wildman–Crippen MR) is 92.0 cm³/mol. The van der Waals surface area contributed by atoms with Crippen LogP contribution in [0.25, 0.3) is 0 Å². The Morgan fingerprint density at radius 1 is 1.09 bits per heavy atom. The number of hydrogen-bond donors (Lipinski definition) is 1. The van der Waals surface area contributed by atoms with E-state index in [1.165, 1.54) is 31.6 Å². The Hall–Kier alpha value is -1.26. The van der Waals surface area contributed by atoms with Gasteiger partial charge in [0.1, 0.15) is 5.75 Å². The van der Waals surface area contributed by atoms with Gasteiger partial charge in [0.2, 0.25) is 0 Å². The molecule has 2 heterocycles. The fourth-order valence-corrected chi connectivity index (χ4v) is 4.90. The number of benzene rings is 1. The third kappa shape index (κ3) is 3.07. The fourth-order valence-electron chi connectivity index (χ4n) is 4.90. The molecule has 2 saturated heterocycles. The van der Waals surface area contributed by atoms with Crippen LogP contribution >= 0.6 is 0 Å². The lowest BCUT2D eigenvalue weighted by atomic mass is 10.0. The van der Waals surface area contributed by atoms with Gasteiger partial charge in [0.05, 0.1) is 13.2 Å². The minimum Gasteiger partial charge on any atom is -0.497 e. The van der Waals surface area contributed by atoms with Gasteiger partial charge in [-0.25, -0.2) is 0 Å². The van der Waals surface area contributed by atoms with E-state index in [2.05, 4.69) is 28.0 Å². The van der Waals surface area contributed by atoms with Crippen molar-refractivity contribution < 1.29 is 9.84 Å². The average Bonchev–Trinajstić information content (AvgIpc) is 3.12. The number of hydrogen-bond acceptors (Lipinski definition) is 4. The largest absolute Gasteiger partial charge is 0.497 e. The Morgan fingerprint density at radius 2 is 1.78 bits per heavy atom. The van der Waals surface area contributed by atoms with E-state index in [0.717, 1.165) is 49.6 Å². The molecule has 0 radical (unpaired) electrons. The van der Waals surface area contributed by atoms with Crippen molar-refractivity contribution in [1.82, 2.24) is 4.90 Å². The molecule has 1 N–H and O–H groups in total. The highest BCUT2D eigenvalue weighted by atomic mass is 16.5. The highest BCUT2D eigenvalue weighted by molar-refractivity contribution is 5.51. The quantitative estimate of drug-likeness (QED) is 0.929. The van der Waals surface area contributed by atoms with Crippen LogP contribution in [0.2, 0.25) is 0 Å². The van der Waals surface area contributed by atoms with Crippen molar-refractivity contribution in [3.63, 3.8) is 0 Å². The lowest BCUT2D eigenvalue weighted by molar-refractivity contribution is 0.144. The molecule has 1 aromatic rings. The van der Waals surface area contributed by atoms with Crippen molar-refractivity contribution in [3.05, 3.63) is 24.3 Å². The minimum absolute atomic E-state index is 0.0259. The van der Waals surface area contributed by atoms with Crippen molar-refractivity contribution in [2.24, 2.45) is 11.8 Å². The summed E-state index contributed by atoms with van der Waals surface area (Å²) in [5.74, 6) is 2.44. The molecule has 0 spiro atoms. The molecule has 3 aliphatic rings.